The summed E-state index contributed by atoms with van der Waals surface area (Å²) in [4.78, 5) is 24.7. The van der Waals surface area contributed by atoms with Gasteiger partial charge in [0, 0.05) is 11.0 Å². The monoisotopic (exact) mass is 468 g/mol. The molecule has 0 bridgehead atoms. The molecule has 2 aliphatic carbocycles. The summed E-state index contributed by atoms with van der Waals surface area (Å²) < 4.78 is 6.31. The van der Waals surface area contributed by atoms with Gasteiger partial charge in [-0.3, -0.25) is 4.79 Å². The third-order valence-corrected chi connectivity index (χ3v) is 8.28. The summed E-state index contributed by atoms with van der Waals surface area (Å²) in [6.07, 6.45) is 5.60. The molecular weight excluding hydrogens is 436 g/mol. The van der Waals surface area contributed by atoms with E-state index in [2.05, 4.69) is 26.0 Å². The molecule has 3 aromatic carbocycles. The van der Waals surface area contributed by atoms with E-state index in [0.717, 1.165) is 64.0 Å². The Bertz CT molecular complexity index is 1300. The van der Waals surface area contributed by atoms with Gasteiger partial charge in [-0.25, -0.2) is 4.79 Å². The lowest BCUT2D eigenvalue weighted by atomic mass is 9.73. The quantitative estimate of drug-likeness (QED) is 0.416. The van der Waals surface area contributed by atoms with Gasteiger partial charge in [-0.05, 0) is 96.7 Å². The van der Waals surface area contributed by atoms with Gasteiger partial charge in [0.05, 0.1) is 5.56 Å². The van der Waals surface area contributed by atoms with E-state index in [9.17, 15) is 9.59 Å². The second-order valence-electron chi connectivity index (χ2n) is 10.4. The Balaban J connectivity index is 1.36. The number of carboxylic acid groups (broad SMARTS) is 1. The zero-order valence-corrected chi connectivity index (χ0v) is 20.7. The Hall–Kier alpha value is -3.40. The van der Waals surface area contributed by atoms with Crippen molar-refractivity contribution in [3.8, 4) is 16.9 Å². The number of benzene rings is 3. The highest BCUT2D eigenvalue weighted by atomic mass is 16.5. The van der Waals surface area contributed by atoms with E-state index in [1.165, 1.54) is 12.8 Å². The van der Waals surface area contributed by atoms with Gasteiger partial charge in [-0.15, -0.1) is 0 Å². The van der Waals surface area contributed by atoms with Gasteiger partial charge in [-0.1, -0.05) is 50.1 Å². The Morgan fingerprint density at radius 2 is 1.71 bits per heavy atom. The van der Waals surface area contributed by atoms with Gasteiger partial charge in [0.15, 0.2) is 5.78 Å². The topological polar surface area (TPSA) is 63.6 Å². The smallest absolute Gasteiger partial charge is 0.335 e. The fraction of sp³-hybridized carbons (Fsp3) is 0.355. The van der Waals surface area contributed by atoms with Crippen molar-refractivity contribution >= 4 is 11.8 Å². The van der Waals surface area contributed by atoms with Crippen molar-refractivity contribution in [2.24, 2.45) is 11.3 Å². The third kappa shape index (κ3) is 4.16. The molecular formula is C31H32O4. The van der Waals surface area contributed by atoms with Gasteiger partial charge >= 0.3 is 5.97 Å². The molecule has 5 rings (SSSR count). The Morgan fingerprint density at radius 1 is 1.00 bits per heavy atom. The largest absolute Gasteiger partial charge is 0.489 e. The molecule has 35 heavy (non-hydrogen) atoms. The molecule has 3 aromatic rings. The minimum absolute atomic E-state index is 0.276. The van der Waals surface area contributed by atoms with Gasteiger partial charge in [0.2, 0.25) is 0 Å². The van der Waals surface area contributed by atoms with Crippen LogP contribution in [-0.2, 0) is 13.0 Å². The number of ketones is 1. The first-order valence-corrected chi connectivity index (χ1v) is 12.5. The van der Waals surface area contributed by atoms with E-state index in [4.69, 9.17) is 9.84 Å². The fourth-order valence-electron chi connectivity index (χ4n) is 6.02. The third-order valence-electron chi connectivity index (χ3n) is 8.28. The van der Waals surface area contributed by atoms with Crippen molar-refractivity contribution in [1.29, 1.82) is 0 Å². The van der Waals surface area contributed by atoms with E-state index >= 15 is 0 Å². The molecule has 0 heterocycles. The predicted molar refractivity (Wildman–Crippen MR) is 137 cm³/mol. The second kappa shape index (κ2) is 8.99. The molecule has 1 atom stereocenters. The molecule has 1 saturated carbocycles. The van der Waals surface area contributed by atoms with E-state index < -0.39 is 5.97 Å². The first-order chi connectivity index (χ1) is 16.8. The Kier molecular flexibility index (Phi) is 6.00. The van der Waals surface area contributed by atoms with E-state index in [-0.39, 0.29) is 11.0 Å². The van der Waals surface area contributed by atoms with Gasteiger partial charge < -0.3 is 9.84 Å². The lowest BCUT2D eigenvalue weighted by Crippen LogP contribution is -2.32. The second-order valence-corrected chi connectivity index (χ2v) is 10.4. The maximum absolute atomic E-state index is 13.5. The molecule has 0 radical (unpaired) electrons. The first-order valence-electron chi connectivity index (χ1n) is 12.5. The normalized spacial score (nSPS) is 19.7. The number of carbonyl (C=O) groups excluding carboxylic acids is 1. The van der Waals surface area contributed by atoms with Crippen LogP contribution in [0.1, 0.15) is 75.6 Å². The van der Waals surface area contributed by atoms with Gasteiger partial charge in [0.25, 0.3) is 0 Å². The number of Topliss-reactive ketones (excluding diaryl/α,β-unsaturated/α-hetero) is 1. The maximum atomic E-state index is 13.5. The number of aromatic carboxylic acids is 1. The van der Waals surface area contributed by atoms with E-state index in [1.807, 2.05) is 37.3 Å². The van der Waals surface area contributed by atoms with Crippen LogP contribution in [0.2, 0.25) is 0 Å². The lowest BCUT2D eigenvalue weighted by molar-refractivity contribution is 0.0695. The first kappa shape index (κ1) is 23.3. The summed E-state index contributed by atoms with van der Waals surface area (Å²) >= 11 is 0. The number of ether oxygens (including phenoxy) is 1. The minimum Gasteiger partial charge on any atom is -0.489 e. The highest BCUT2D eigenvalue weighted by Gasteiger charge is 2.48. The zero-order chi connectivity index (χ0) is 24.7. The molecule has 1 fully saturated rings. The lowest BCUT2D eigenvalue weighted by Gasteiger charge is -2.29. The summed E-state index contributed by atoms with van der Waals surface area (Å²) in [5.74, 6) is 0.733. The molecule has 0 aliphatic heterocycles. The summed E-state index contributed by atoms with van der Waals surface area (Å²) in [6.45, 7) is 6.70. The SMILES string of the molecule is Cc1c(OCc2cccc(-c3ccc(C(=O)O)cc3)c2)cc2c(c1C)C(=O)C(C)(C1CCCC1)C2. The van der Waals surface area contributed by atoms with Crippen molar-refractivity contribution in [3.05, 3.63) is 88.0 Å². The summed E-state index contributed by atoms with van der Waals surface area (Å²) in [5.41, 5.74) is 7.16. The molecule has 4 nitrogen and oxygen atoms in total. The van der Waals surface area contributed by atoms with Crippen molar-refractivity contribution in [2.45, 2.75) is 59.5 Å². The van der Waals surface area contributed by atoms with Crippen LogP contribution in [0.15, 0.2) is 54.6 Å². The fourth-order valence-corrected chi connectivity index (χ4v) is 6.02. The van der Waals surface area contributed by atoms with Crippen LogP contribution in [-0.4, -0.2) is 16.9 Å². The van der Waals surface area contributed by atoms with Crippen LogP contribution >= 0.6 is 0 Å². The van der Waals surface area contributed by atoms with Crippen LogP contribution in [0.4, 0.5) is 0 Å². The summed E-state index contributed by atoms with van der Waals surface area (Å²) in [7, 11) is 0. The predicted octanol–water partition coefficient (Wildman–Crippen LogP) is 7.18. The Labute approximate surface area is 207 Å². The minimum atomic E-state index is -0.927. The van der Waals surface area contributed by atoms with E-state index in [0.29, 0.717) is 18.3 Å². The van der Waals surface area contributed by atoms with Crippen LogP contribution in [0, 0.1) is 25.2 Å². The standard InChI is InChI=1S/C31H32O4/c1-19-20(2)28-25(17-31(3,29(28)32)26-9-4-5-10-26)16-27(19)35-18-21-7-6-8-24(15-21)22-11-13-23(14-12-22)30(33)34/h6-8,11-16,26H,4-5,9-10,17-18H2,1-3H3,(H,33,34). The number of hydrogen-bond acceptors (Lipinski definition) is 3. The molecule has 0 spiro atoms. The molecule has 4 heteroatoms. The summed E-state index contributed by atoms with van der Waals surface area (Å²) in [5, 5.41) is 9.13. The van der Waals surface area contributed by atoms with Crippen molar-refractivity contribution in [1.82, 2.24) is 0 Å². The van der Waals surface area contributed by atoms with Crippen LogP contribution in [0.5, 0.6) is 5.75 Å². The summed E-state index contributed by atoms with van der Waals surface area (Å²) in [6, 6.07) is 17.1. The molecule has 0 saturated heterocycles. The number of hydrogen-bond donors (Lipinski definition) is 1. The number of carboxylic acids is 1. The van der Waals surface area contributed by atoms with Crippen LogP contribution in [0.3, 0.4) is 0 Å². The van der Waals surface area contributed by atoms with Crippen LogP contribution < -0.4 is 4.74 Å². The molecule has 2 aliphatic rings. The molecule has 0 amide bonds. The molecule has 0 aromatic heterocycles. The number of carbonyl (C=O) groups is 2. The number of rotatable bonds is 6. The highest BCUT2D eigenvalue weighted by molar-refractivity contribution is 6.06. The maximum Gasteiger partial charge on any atom is 0.335 e. The van der Waals surface area contributed by atoms with Crippen LogP contribution in [0.25, 0.3) is 11.1 Å². The highest BCUT2D eigenvalue weighted by Crippen LogP contribution is 2.50. The van der Waals surface area contributed by atoms with E-state index in [1.54, 1.807) is 12.1 Å². The number of fused-ring (bicyclic) bond motifs is 1. The van der Waals surface area contributed by atoms with Crippen molar-refractivity contribution in [3.63, 3.8) is 0 Å². The van der Waals surface area contributed by atoms with Gasteiger partial charge in [0.1, 0.15) is 12.4 Å². The van der Waals surface area contributed by atoms with Crippen molar-refractivity contribution in [2.75, 3.05) is 0 Å². The molecule has 180 valence electrons. The average Bonchev–Trinajstić information content (AvgIpc) is 3.49. The Morgan fingerprint density at radius 3 is 2.40 bits per heavy atom. The molecule has 1 unspecified atom stereocenters. The van der Waals surface area contributed by atoms with Gasteiger partial charge in [-0.2, -0.15) is 0 Å². The molecule has 1 N–H and O–H groups in total. The van der Waals surface area contributed by atoms with Crippen molar-refractivity contribution < 1.29 is 19.4 Å². The average molecular weight is 469 g/mol. The zero-order valence-electron chi connectivity index (χ0n) is 20.7.